The van der Waals surface area contributed by atoms with Gasteiger partial charge in [0, 0.05) is 13.8 Å². The standard InChI is InChI=1S/C17H23NOSSi/c1-13-9-11-20-16(13)17(19)18-15-8-6-5-7-14(15)10-12-21(2,3)4/h5-9,11H,10,12H2,1-4H3,(H,18,19). The van der Waals surface area contributed by atoms with Crippen molar-refractivity contribution < 1.29 is 4.79 Å². The second-order valence-corrected chi connectivity index (χ2v) is 13.1. The smallest absolute Gasteiger partial charge is 0.266 e. The molecule has 4 heteroatoms. The fourth-order valence-corrected chi connectivity index (χ4v) is 3.99. The molecule has 0 fully saturated rings. The number of carbonyl (C=O) groups excluding carboxylic acids is 1. The van der Waals surface area contributed by atoms with Crippen molar-refractivity contribution in [2.75, 3.05) is 5.32 Å². The topological polar surface area (TPSA) is 29.1 Å². The van der Waals surface area contributed by atoms with E-state index in [9.17, 15) is 4.79 Å². The number of para-hydroxylation sites is 1. The van der Waals surface area contributed by atoms with Crippen molar-refractivity contribution >= 4 is 31.0 Å². The third-order valence-corrected chi connectivity index (χ3v) is 6.24. The number of hydrogen-bond donors (Lipinski definition) is 1. The Kier molecular flexibility index (Phi) is 5.01. The largest absolute Gasteiger partial charge is 0.321 e. The van der Waals surface area contributed by atoms with E-state index in [-0.39, 0.29) is 5.91 Å². The summed E-state index contributed by atoms with van der Waals surface area (Å²) in [5.74, 6) is 0.00273. The summed E-state index contributed by atoms with van der Waals surface area (Å²) in [5, 5.41) is 5.04. The van der Waals surface area contributed by atoms with Gasteiger partial charge in [-0.2, -0.15) is 0 Å². The summed E-state index contributed by atoms with van der Waals surface area (Å²) in [7, 11) is -1.08. The highest BCUT2D eigenvalue weighted by Crippen LogP contribution is 2.23. The monoisotopic (exact) mass is 317 g/mol. The van der Waals surface area contributed by atoms with E-state index >= 15 is 0 Å². The van der Waals surface area contributed by atoms with Crippen LogP contribution in [-0.4, -0.2) is 14.0 Å². The van der Waals surface area contributed by atoms with Crippen LogP contribution in [0.5, 0.6) is 0 Å². The number of nitrogens with one attached hydrogen (secondary N) is 1. The number of anilines is 1. The minimum absolute atomic E-state index is 0.00273. The van der Waals surface area contributed by atoms with E-state index in [4.69, 9.17) is 0 Å². The Morgan fingerprint density at radius 3 is 2.52 bits per heavy atom. The molecule has 0 aliphatic carbocycles. The van der Waals surface area contributed by atoms with Gasteiger partial charge >= 0.3 is 0 Å². The first-order valence-electron chi connectivity index (χ1n) is 7.30. The van der Waals surface area contributed by atoms with Gasteiger partial charge in [-0.1, -0.05) is 43.9 Å². The van der Waals surface area contributed by atoms with E-state index < -0.39 is 8.07 Å². The predicted molar refractivity (Wildman–Crippen MR) is 95.3 cm³/mol. The fourth-order valence-electron chi connectivity index (χ4n) is 2.15. The Labute approximate surface area is 132 Å². The van der Waals surface area contributed by atoms with E-state index in [1.807, 2.05) is 36.6 Å². The van der Waals surface area contributed by atoms with Gasteiger partial charge in [-0.3, -0.25) is 4.79 Å². The van der Waals surface area contributed by atoms with E-state index in [1.54, 1.807) is 0 Å². The summed E-state index contributed by atoms with van der Waals surface area (Å²) in [4.78, 5) is 13.2. The number of thiophene rings is 1. The van der Waals surface area contributed by atoms with Crippen molar-refractivity contribution in [2.45, 2.75) is 39.0 Å². The molecule has 0 radical (unpaired) electrons. The van der Waals surface area contributed by atoms with Gasteiger partial charge in [-0.15, -0.1) is 11.3 Å². The van der Waals surface area contributed by atoms with Gasteiger partial charge in [0.1, 0.15) is 0 Å². The van der Waals surface area contributed by atoms with Gasteiger partial charge in [-0.25, -0.2) is 0 Å². The molecule has 2 rings (SSSR count). The molecule has 1 aromatic heterocycles. The average molecular weight is 318 g/mol. The van der Waals surface area contributed by atoms with E-state index in [0.29, 0.717) is 0 Å². The van der Waals surface area contributed by atoms with Crippen LogP contribution in [0.2, 0.25) is 25.7 Å². The molecule has 0 saturated carbocycles. The van der Waals surface area contributed by atoms with Gasteiger partial charge in [0.05, 0.1) is 4.88 Å². The maximum absolute atomic E-state index is 12.4. The maximum atomic E-state index is 12.4. The van der Waals surface area contributed by atoms with Crippen LogP contribution in [0.15, 0.2) is 35.7 Å². The van der Waals surface area contributed by atoms with Crippen molar-refractivity contribution in [1.82, 2.24) is 0 Å². The second-order valence-electron chi connectivity index (χ2n) is 6.60. The second kappa shape index (κ2) is 6.58. The third kappa shape index (κ3) is 4.54. The first kappa shape index (κ1) is 16.0. The van der Waals surface area contributed by atoms with Crippen LogP contribution in [0.4, 0.5) is 5.69 Å². The summed E-state index contributed by atoms with van der Waals surface area (Å²) in [6.45, 7) is 9.11. The number of amides is 1. The van der Waals surface area contributed by atoms with Gasteiger partial charge in [0.25, 0.3) is 5.91 Å². The first-order valence-corrected chi connectivity index (χ1v) is 11.9. The molecule has 2 aromatic rings. The van der Waals surface area contributed by atoms with Crippen LogP contribution >= 0.6 is 11.3 Å². The molecule has 2 nitrogen and oxygen atoms in total. The SMILES string of the molecule is Cc1ccsc1C(=O)Nc1ccccc1CC[Si](C)(C)C. The Morgan fingerprint density at radius 1 is 1.19 bits per heavy atom. The molecule has 1 N–H and O–H groups in total. The molecule has 0 bridgehead atoms. The summed E-state index contributed by atoms with van der Waals surface area (Å²) in [6, 6.07) is 11.4. The molecule has 1 heterocycles. The highest BCUT2D eigenvalue weighted by Gasteiger charge is 2.16. The van der Waals surface area contributed by atoms with Crippen molar-refractivity contribution in [3.63, 3.8) is 0 Å². The lowest BCUT2D eigenvalue weighted by molar-refractivity contribution is 0.103. The lowest BCUT2D eigenvalue weighted by Gasteiger charge is -2.17. The number of rotatable bonds is 5. The predicted octanol–water partition coefficient (Wildman–Crippen LogP) is 5.19. The number of benzene rings is 1. The van der Waals surface area contributed by atoms with Crippen LogP contribution in [-0.2, 0) is 6.42 Å². The van der Waals surface area contributed by atoms with E-state index in [1.165, 1.54) is 22.9 Å². The Balaban J connectivity index is 2.13. The lowest BCUT2D eigenvalue weighted by Crippen LogP contribution is -2.20. The zero-order chi connectivity index (χ0) is 15.5. The Morgan fingerprint density at radius 2 is 1.90 bits per heavy atom. The molecule has 21 heavy (non-hydrogen) atoms. The zero-order valence-corrected chi connectivity index (χ0v) is 15.0. The quantitative estimate of drug-likeness (QED) is 0.755. The first-order chi connectivity index (χ1) is 9.87. The molecule has 0 spiro atoms. The number of hydrogen-bond acceptors (Lipinski definition) is 2. The third-order valence-electron chi connectivity index (χ3n) is 3.48. The van der Waals surface area contributed by atoms with Gasteiger partial charge < -0.3 is 5.32 Å². The zero-order valence-electron chi connectivity index (χ0n) is 13.2. The Hall–Kier alpha value is -1.39. The lowest BCUT2D eigenvalue weighted by atomic mass is 10.1. The van der Waals surface area contributed by atoms with Crippen LogP contribution < -0.4 is 5.32 Å². The minimum Gasteiger partial charge on any atom is -0.321 e. The average Bonchev–Trinajstić information content (AvgIpc) is 2.83. The molecule has 0 unspecified atom stereocenters. The van der Waals surface area contributed by atoms with Gasteiger partial charge in [0.15, 0.2) is 0 Å². The number of carbonyl (C=O) groups is 1. The van der Waals surface area contributed by atoms with Gasteiger partial charge in [-0.05, 0) is 42.0 Å². The molecule has 1 amide bonds. The van der Waals surface area contributed by atoms with Crippen LogP contribution in [0.25, 0.3) is 0 Å². The highest BCUT2D eigenvalue weighted by molar-refractivity contribution is 7.12. The number of aryl methyl sites for hydroxylation is 2. The van der Waals surface area contributed by atoms with Crippen LogP contribution in [0.1, 0.15) is 20.8 Å². The summed E-state index contributed by atoms with van der Waals surface area (Å²) >= 11 is 1.50. The van der Waals surface area contributed by atoms with E-state index in [2.05, 4.69) is 31.0 Å². The maximum Gasteiger partial charge on any atom is 0.266 e. The van der Waals surface area contributed by atoms with Crippen molar-refractivity contribution in [2.24, 2.45) is 0 Å². The summed E-state index contributed by atoms with van der Waals surface area (Å²) < 4.78 is 0. The van der Waals surface area contributed by atoms with Crippen molar-refractivity contribution in [3.8, 4) is 0 Å². The molecule has 0 aliphatic heterocycles. The van der Waals surface area contributed by atoms with E-state index in [0.717, 1.165) is 22.5 Å². The molecular weight excluding hydrogens is 294 g/mol. The molecule has 0 atom stereocenters. The normalized spacial score (nSPS) is 11.4. The molecule has 112 valence electrons. The van der Waals surface area contributed by atoms with Crippen LogP contribution in [0, 0.1) is 6.92 Å². The highest BCUT2D eigenvalue weighted by atomic mass is 32.1. The Bertz CT molecular complexity index is 628. The van der Waals surface area contributed by atoms with Gasteiger partial charge in [0.2, 0.25) is 0 Å². The van der Waals surface area contributed by atoms with Crippen molar-refractivity contribution in [1.29, 1.82) is 0 Å². The molecule has 0 saturated heterocycles. The summed E-state index contributed by atoms with van der Waals surface area (Å²) in [5.41, 5.74) is 3.23. The molecule has 1 aromatic carbocycles. The molecular formula is C17H23NOSSi. The molecule has 0 aliphatic rings. The minimum atomic E-state index is -1.08. The fraction of sp³-hybridized carbons (Fsp3) is 0.353. The van der Waals surface area contributed by atoms with Crippen molar-refractivity contribution in [3.05, 3.63) is 51.7 Å². The summed E-state index contributed by atoms with van der Waals surface area (Å²) in [6.07, 6.45) is 1.04. The van der Waals surface area contributed by atoms with Crippen LogP contribution in [0.3, 0.4) is 0 Å².